The number of benzene rings is 1. The molecule has 1 aliphatic carbocycles. The summed E-state index contributed by atoms with van der Waals surface area (Å²) in [6.07, 6.45) is 27.8. The van der Waals surface area contributed by atoms with E-state index in [0.29, 0.717) is 5.92 Å². The van der Waals surface area contributed by atoms with Gasteiger partial charge in [0.2, 0.25) is 0 Å². The van der Waals surface area contributed by atoms with Crippen molar-refractivity contribution in [3.8, 4) is 11.1 Å². The average molecular weight is 476 g/mol. The summed E-state index contributed by atoms with van der Waals surface area (Å²) < 4.78 is 0. The summed E-state index contributed by atoms with van der Waals surface area (Å²) in [5.41, 5.74) is 5.89. The fraction of sp³-hybridized carbons (Fsp3) is 0.676. The summed E-state index contributed by atoms with van der Waals surface area (Å²) in [5, 5.41) is 0. The molecule has 1 aliphatic rings. The summed E-state index contributed by atoms with van der Waals surface area (Å²) in [6, 6.07) is 11.5. The van der Waals surface area contributed by atoms with E-state index in [2.05, 4.69) is 62.3 Å². The van der Waals surface area contributed by atoms with Crippen molar-refractivity contribution < 1.29 is 0 Å². The van der Waals surface area contributed by atoms with Crippen molar-refractivity contribution in [2.24, 2.45) is 11.8 Å². The summed E-state index contributed by atoms with van der Waals surface area (Å²) in [6.45, 7) is 7.09. The van der Waals surface area contributed by atoms with E-state index in [9.17, 15) is 0 Å². The predicted octanol–water partition coefficient (Wildman–Crippen LogP) is 10.9. The van der Waals surface area contributed by atoms with Gasteiger partial charge in [0.1, 0.15) is 0 Å². The number of aryl methyl sites for hydroxylation is 1. The fourth-order valence-electron chi connectivity index (χ4n) is 6.38. The normalized spacial score (nSPS) is 19.1. The van der Waals surface area contributed by atoms with Gasteiger partial charge < -0.3 is 0 Å². The van der Waals surface area contributed by atoms with Gasteiger partial charge in [-0.15, -0.1) is 0 Å². The molecule has 1 aromatic carbocycles. The van der Waals surface area contributed by atoms with Gasteiger partial charge in [0, 0.05) is 12.4 Å². The van der Waals surface area contributed by atoms with Gasteiger partial charge in [-0.25, -0.2) is 0 Å². The number of rotatable bonds is 16. The number of nitrogens with zero attached hydrogens (tertiary/aromatic N) is 1. The van der Waals surface area contributed by atoms with Crippen LogP contribution in [0.4, 0.5) is 0 Å². The Bertz CT molecular complexity index is 817. The maximum absolute atomic E-state index is 4.60. The molecule has 1 nitrogen and oxygen atoms in total. The van der Waals surface area contributed by atoms with Gasteiger partial charge in [0.15, 0.2) is 0 Å². The zero-order valence-corrected chi connectivity index (χ0v) is 23.2. The second kappa shape index (κ2) is 16.2. The lowest BCUT2D eigenvalue weighted by molar-refractivity contribution is 0.236. The van der Waals surface area contributed by atoms with Gasteiger partial charge in [-0.05, 0) is 71.8 Å². The SMILES string of the molecule is CCCCCCCCc1ccccc1-c1ccncc1C(C)C1CCC(CCCCCCC)CC1. The molecule has 35 heavy (non-hydrogen) atoms. The first-order chi connectivity index (χ1) is 17.2. The summed E-state index contributed by atoms with van der Waals surface area (Å²) in [7, 11) is 0. The topological polar surface area (TPSA) is 12.9 Å². The fourth-order valence-corrected chi connectivity index (χ4v) is 6.38. The van der Waals surface area contributed by atoms with Crippen LogP contribution < -0.4 is 0 Å². The molecule has 0 aliphatic heterocycles. The summed E-state index contributed by atoms with van der Waals surface area (Å²) in [4.78, 5) is 4.60. The van der Waals surface area contributed by atoms with E-state index in [-0.39, 0.29) is 0 Å². The van der Waals surface area contributed by atoms with E-state index in [1.165, 1.54) is 131 Å². The first kappa shape index (κ1) is 27.9. The molecule has 1 fully saturated rings. The Kier molecular flexibility index (Phi) is 12.9. The van der Waals surface area contributed by atoms with Crippen molar-refractivity contribution >= 4 is 0 Å². The van der Waals surface area contributed by atoms with Gasteiger partial charge in [-0.1, -0.05) is 129 Å². The number of aromatic nitrogens is 1. The smallest absolute Gasteiger partial charge is 0.0308 e. The summed E-state index contributed by atoms with van der Waals surface area (Å²) >= 11 is 0. The molecule has 0 bridgehead atoms. The highest BCUT2D eigenvalue weighted by Crippen LogP contribution is 2.42. The van der Waals surface area contributed by atoms with E-state index < -0.39 is 0 Å². The molecule has 0 spiro atoms. The monoisotopic (exact) mass is 475 g/mol. The molecule has 1 heterocycles. The molecular weight excluding hydrogens is 422 g/mol. The van der Waals surface area contributed by atoms with Crippen molar-refractivity contribution in [1.82, 2.24) is 4.98 Å². The van der Waals surface area contributed by atoms with Gasteiger partial charge >= 0.3 is 0 Å². The third-order valence-corrected chi connectivity index (χ3v) is 8.76. The molecule has 1 aromatic heterocycles. The average Bonchev–Trinajstić information content (AvgIpc) is 2.91. The quantitative estimate of drug-likeness (QED) is 0.220. The molecule has 3 rings (SSSR count). The first-order valence-corrected chi connectivity index (χ1v) is 15.3. The molecule has 1 atom stereocenters. The lowest BCUT2D eigenvalue weighted by Gasteiger charge is -2.33. The Hall–Kier alpha value is -1.63. The molecule has 2 aromatic rings. The van der Waals surface area contributed by atoms with Crippen molar-refractivity contribution in [2.75, 3.05) is 0 Å². The molecular formula is C34H53N. The summed E-state index contributed by atoms with van der Waals surface area (Å²) in [5.74, 6) is 2.37. The number of unbranched alkanes of at least 4 members (excludes halogenated alkanes) is 9. The van der Waals surface area contributed by atoms with Gasteiger partial charge in [-0.3, -0.25) is 4.98 Å². The van der Waals surface area contributed by atoms with Crippen molar-refractivity contribution in [1.29, 1.82) is 0 Å². The van der Waals surface area contributed by atoms with E-state index in [4.69, 9.17) is 0 Å². The lowest BCUT2D eigenvalue weighted by atomic mass is 9.72. The molecule has 1 unspecified atom stereocenters. The van der Waals surface area contributed by atoms with Gasteiger partial charge in [0.05, 0.1) is 0 Å². The Morgan fingerprint density at radius 1 is 0.743 bits per heavy atom. The minimum atomic E-state index is 0.589. The number of pyridine rings is 1. The molecule has 1 heteroatoms. The number of hydrogen-bond acceptors (Lipinski definition) is 1. The highest BCUT2D eigenvalue weighted by Gasteiger charge is 2.27. The largest absolute Gasteiger partial charge is 0.264 e. The van der Waals surface area contributed by atoms with Crippen LogP contribution in [0.2, 0.25) is 0 Å². The number of hydrogen-bond donors (Lipinski definition) is 0. The Morgan fingerprint density at radius 2 is 1.40 bits per heavy atom. The third-order valence-electron chi connectivity index (χ3n) is 8.76. The highest BCUT2D eigenvalue weighted by atomic mass is 14.6. The van der Waals surface area contributed by atoms with E-state index >= 15 is 0 Å². The van der Waals surface area contributed by atoms with Crippen LogP contribution in [0, 0.1) is 11.8 Å². The van der Waals surface area contributed by atoms with Gasteiger partial charge in [0.25, 0.3) is 0 Å². The van der Waals surface area contributed by atoms with Gasteiger partial charge in [-0.2, -0.15) is 0 Å². The second-order valence-corrected chi connectivity index (χ2v) is 11.4. The highest BCUT2D eigenvalue weighted by molar-refractivity contribution is 5.71. The van der Waals surface area contributed by atoms with Crippen LogP contribution in [0.25, 0.3) is 11.1 Å². The van der Waals surface area contributed by atoms with E-state index in [0.717, 1.165) is 11.8 Å². The zero-order valence-electron chi connectivity index (χ0n) is 23.2. The van der Waals surface area contributed by atoms with Crippen LogP contribution in [0.3, 0.4) is 0 Å². The molecule has 194 valence electrons. The molecule has 0 amide bonds. The maximum Gasteiger partial charge on any atom is 0.0308 e. The van der Waals surface area contributed by atoms with Crippen LogP contribution in [0.1, 0.15) is 141 Å². The third kappa shape index (κ3) is 9.07. The van der Waals surface area contributed by atoms with Crippen molar-refractivity contribution in [2.45, 2.75) is 136 Å². The molecule has 1 saturated carbocycles. The zero-order chi connectivity index (χ0) is 24.7. The Labute approximate surface area is 217 Å². The minimum Gasteiger partial charge on any atom is -0.264 e. The van der Waals surface area contributed by atoms with Crippen LogP contribution >= 0.6 is 0 Å². The Morgan fingerprint density at radius 3 is 2.14 bits per heavy atom. The maximum atomic E-state index is 4.60. The second-order valence-electron chi connectivity index (χ2n) is 11.4. The molecule has 0 radical (unpaired) electrons. The van der Waals surface area contributed by atoms with Crippen molar-refractivity contribution in [3.63, 3.8) is 0 Å². The van der Waals surface area contributed by atoms with Crippen LogP contribution in [-0.2, 0) is 6.42 Å². The van der Waals surface area contributed by atoms with Crippen LogP contribution in [0.5, 0.6) is 0 Å². The van der Waals surface area contributed by atoms with Crippen LogP contribution in [0.15, 0.2) is 42.7 Å². The van der Waals surface area contributed by atoms with Crippen LogP contribution in [-0.4, -0.2) is 4.98 Å². The van der Waals surface area contributed by atoms with E-state index in [1.807, 2.05) is 6.20 Å². The Balaban J connectivity index is 1.58. The minimum absolute atomic E-state index is 0.589. The standard InChI is InChI=1S/C34H53N/c1-4-6-8-10-12-14-18-31-19-15-16-20-32(31)33-25-26-35-27-34(33)28(3)30-23-21-29(22-24-30)17-13-11-9-7-5-2/h15-16,19-20,25-30H,4-14,17-18,21-24H2,1-3H3. The van der Waals surface area contributed by atoms with Crippen molar-refractivity contribution in [3.05, 3.63) is 53.9 Å². The molecule has 0 saturated heterocycles. The molecule has 0 N–H and O–H groups in total. The van der Waals surface area contributed by atoms with E-state index in [1.54, 1.807) is 0 Å². The predicted molar refractivity (Wildman–Crippen MR) is 154 cm³/mol. The first-order valence-electron chi connectivity index (χ1n) is 15.3. The lowest BCUT2D eigenvalue weighted by Crippen LogP contribution is -2.20.